The number of primary amides is 1. The number of halogens is 1. The number of amidine groups is 1. The van der Waals surface area contributed by atoms with Crippen LogP contribution in [-0.4, -0.2) is 24.3 Å². The minimum absolute atomic E-state index is 0.0331. The molecule has 10 heteroatoms. The van der Waals surface area contributed by atoms with Crippen molar-refractivity contribution in [3.63, 3.8) is 0 Å². The summed E-state index contributed by atoms with van der Waals surface area (Å²) in [7, 11) is 0. The van der Waals surface area contributed by atoms with Gasteiger partial charge in [-0.3, -0.25) is 4.79 Å². The zero-order chi connectivity index (χ0) is 25.5. The molecule has 0 atom stereocenters. The van der Waals surface area contributed by atoms with Gasteiger partial charge in [0.25, 0.3) is 5.91 Å². The van der Waals surface area contributed by atoms with Gasteiger partial charge in [0, 0.05) is 10.6 Å². The molecular weight excluding hydrogens is 474 g/mol. The molecule has 4 N–H and O–H groups in total. The standard InChI is InChI=1S/C25H26ClN3O6/c1-14(2)19-11-20(26)15(3)10-22(19)33-12-18-8-9-21(34-18)25(31)35-29-24(28)16-4-6-17(7-5-16)32-13-23(27)30/h4-11,14H,12-13H2,1-3H3,(H2,27,30)(H2,28,29). The second kappa shape index (κ2) is 11.4. The third-order valence-electron chi connectivity index (χ3n) is 4.90. The van der Waals surface area contributed by atoms with Gasteiger partial charge in [-0.25, -0.2) is 4.79 Å². The largest absolute Gasteiger partial charge is 0.485 e. The summed E-state index contributed by atoms with van der Waals surface area (Å²) in [6, 6.07) is 13.2. The van der Waals surface area contributed by atoms with Crippen LogP contribution in [0.25, 0.3) is 0 Å². The van der Waals surface area contributed by atoms with Crippen LogP contribution in [0.15, 0.2) is 58.1 Å². The highest BCUT2D eigenvalue weighted by atomic mass is 35.5. The van der Waals surface area contributed by atoms with Crippen LogP contribution in [0.2, 0.25) is 5.02 Å². The number of carbonyl (C=O) groups excluding carboxylic acids is 2. The number of ether oxygens (including phenoxy) is 2. The van der Waals surface area contributed by atoms with Gasteiger partial charge in [0.15, 0.2) is 12.4 Å². The number of amides is 1. The highest BCUT2D eigenvalue weighted by Crippen LogP contribution is 2.32. The zero-order valence-electron chi connectivity index (χ0n) is 19.5. The first-order valence-electron chi connectivity index (χ1n) is 10.7. The van der Waals surface area contributed by atoms with Crippen LogP contribution in [0.4, 0.5) is 0 Å². The van der Waals surface area contributed by atoms with E-state index in [-0.39, 0.29) is 30.7 Å². The lowest BCUT2D eigenvalue weighted by molar-refractivity contribution is -0.119. The fraction of sp³-hybridized carbons (Fsp3) is 0.240. The number of carbonyl (C=O) groups is 2. The van der Waals surface area contributed by atoms with E-state index in [1.165, 1.54) is 6.07 Å². The summed E-state index contributed by atoms with van der Waals surface area (Å²) in [5.41, 5.74) is 13.3. The average molecular weight is 500 g/mol. The Hall–Kier alpha value is -3.98. The fourth-order valence-corrected chi connectivity index (χ4v) is 3.20. The van der Waals surface area contributed by atoms with Crippen molar-refractivity contribution in [3.8, 4) is 11.5 Å². The number of oxime groups is 1. The Balaban J connectivity index is 1.59. The van der Waals surface area contributed by atoms with Crippen molar-refractivity contribution in [2.75, 3.05) is 6.61 Å². The van der Waals surface area contributed by atoms with Gasteiger partial charge >= 0.3 is 5.97 Å². The van der Waals surface area contributed by atoms with Gasteiger partial charge in [0.1, 0.15) is 23.9 Å². The predicted octanol–water partition coefficient (Wildman–Crippen LogP) is 4.29. The van der Waals surface area contributed by atoms with Crippen molar-refractivity contribution < 1.29 is 28.3 Å². The molecule has 0 saturated carbocycles. The first-order chi connectivity index (χ1) is 16.6. The van der Waals surface area contributed by atoms with Crippen LogP contribution in [0.5, 0.6) is 11.5 Å². The third-order valence-corrected chi connectivity index (χ3v) is 5.31. The van der Waals surface area contributed by atoms with E-state index in [0.29, 0.717) is 27.8 Å². The lowest BCUT2D eigenvalue weighted by Gasteiger charge is -2.15. The molecular formula is C25H26ClN3O6. The second-order valence-corrected chi connectivity index (χ2v) is 8.39. The van der Waals surface area contributed by atoms with E-state index in [1.807, 2.05) is 32.9 Å². The summed E-state index contributed by atoms with van der Waals surface area (Å²) in [5, 5.41) is 4.33. The van der Waals surface area contributed by atoms with Crippen LogP contribution in [0, 0.1) is 6.92 Å². The van der Waals surface area contributed by atoms with Crippen molar-refractivity contribution in [3.05, 3.63) is 81.8 Å². The smallest absolute Gasteiger partial charge is 0.400 e. The highest BCUT2D eigenvalue weighted by molar-refractivity contribution is 6.31. The van der Waals surface area contributed by atoms with E-state index in [9.17, 15) is 9.59 Å². The fourth-order valence-electron chi connectivity index (χ4n) is 3.03. The summed E-state index contributed by atoms with van der Waals surface area (Å²) < 4.78 is 16.6. The Morgan fingerprint density at radius 2 is 1.77 bits per heavy atom. The number of furan rings is 1. The quantitative estimate of drug-likeness (QED) is 0.183. The lowest BCUT2D eigenvalue weighted by Crippen LogP contribution is -2.20. The molecule has 0 bridgehead atoms. The molecule has 0 aliphatic carbocycles. The molecule has 35 heavy (non-hydrogen) atoms. The van der Waals surface area contributed by atoms with Gasteiger partial charge in [0.05, 0.1) is 0 Å². The molecule has 0 radical (unpaired) electrons. The predicted molar refractivity (Wildman–Crippen MR) is 131 cm³/mol. The van der Waals surface area contributed by atoms with Crippen molar-refractivity contribution in [1.29, 1.82) is 0 Å². The second-order valence-electron chi connectivity index (χ2n) is 7.98. The molecule has 0 saturated heterocycles. The van der Waals surface area contributed by atoms with Gasteiger partial charge in [-0.1, -0.05) is 30.6 Å². The summed E-state index contributed by atoms with van der Waals surface area (Å²) in [4.78, 5) is 28.0. The zero-order valence-corrected chi connectivity index (χ0v) is 20.3. The van der Waals surface area contributed by atoms with E-state index in [4.69, 9.17) is 41.8 Å². The molecule has 3 aromatic rings. The van der Waals surface area contributed by atoms with Gasteiger partial charge in [-0.15, -0.1) is 0 Å². The lowest BCUT2D eigenvalue weighted by atomic mass is 10.0. The van der Waals surface area contributed by atoms with Crippen molar-refractivity contribution >= 4 is 29.3 Å². The molecule has 0 unspecified atom stereocenters. The Bertz CT molecular complexity index is 1230. The van der Waals surface area contributed by atoms with E-state index < -0.39 is 11.9 Å². The van der Waals surface area contributed by atoms with Crippen LogP contribution in [0.1, 0.15) is 52.8 Å². The number of benzene rings is 2. The monoisotopic (exact) mass is 499 g/mol. The van der Waals surface area contributed by atoms with E-state index in [2.05, 4.69) is 5.16 Å². The van der Waals surface area contributed by atoms with Gasteiger partial charge in [-0.05, 0) is 72.5 Å². The molecule has 0 aliphatic rings. The molecule has 0 spiro atoms. The minimum atomic E-state index is -0.814. The first kappa shape index (κ1) is 25.6. The van der Waals surface area contributed by atoms with Gasteiger partial charge in [0.2, 0.25) is 5.76 Å². The molecule has 1 amide bonds. The molecule has 0 aliphatic heterocycles. The van der Waals surface area contributed by atoms with Gasteiger partial charge < -0.3 is 30.2 Å². The van der Waals surface area contributed by atoms with Crippen LogP contribution >= 0.6 is 11.6 Å². The number of aryl methyl sites for hydroxylation is 1. The average Bonchev–Trinajstić information content (AvgIpc) is 3.31. The molecule has 2 aromatic carbocycles. The van der Waals surface area contributed by atoms with Crippen LogP contribution < -0.4 is 20.9 Å². The number of nitrogens with zero attached hydrogens (tertiary/aromatic N) is 1. The Morgan fingerprint density at radius 3 is 2.43 bits per heavy atom. The van der Waals surface area contributed by atoms with Crippen LogP contribution in [0.3, 0.4) is 0 Å². The maximum absolute atomic E-state index is 12.3. The van der Waals surface area contributed by atoms with E-state index >= 15 is 0 Å². The Labute approximate surface area is 207 Å². The Morgan fingerprint density at radius 1 is 1.06 bits per heavy atom. The van der Waals surface area contributed by atoms with Crippen LogP contribution in [-0.2, 0) is 16.2 Å². The third kappa shape index (κ3) is 7.00. The SMILES string of the molecule is Cc1cc(OCc2ccc(C(=O)O/N=C(\N)c3ccc(OCC(N)=O)cc3)o2)c(C(C)C)cc1Cl. The number of hydrogen-bond donors (Lipinski definition) is 2. The normalized spacial score (nSPS) is 11.4. The molecule has 1 heterocycles. The maximum Gasteiger partial charge on any atom is 0.400 e. The van der Waals surface area contributed by atoms with Crippen molar-refractivity contribution in [1.82, 2.24) is 0 Å². The summed E-state index contributed by atoms with van der Waals surface area (Å²) in [5.74, 6) is 0.292. The maximum atomic E-state index is 12.3. The van der Waals surface area contributed by atoms with Crippen molar-refractivity contribution in [2.45, 2.75) is 33.3 Å². The highest BCUT2D eigenvalue weighted by Gasteiger charge is 2.16. The van der Waals surface area contributed by atoms with E-state index in [0.717, 1.165) is 11.1 Å². The summed E-state index contributed by atoms with van der Waals surface area (Å²) in [6.45, 7) is 5.87. The molecule has 184 valence electrons. The minimum Gasteiger partial charge on any atom is -0.485 e. The summed E-state index contributed by atoms with van der Waals surface area (Å²) >= 11 is 6.24. The number of nitrogens with two attached hydrogens (primary N) is 2. The molecule has 1 aromatic heterocycles. The molecule has 9 nitrogen and oxygen atoms in total. The first-order valence-corrected chi connectivity index (χ1v) is 11.1. The van der Waals surface area contributed by atoms with E-state index in [1.54, 1.807) is 30.3 Å². The number of rotatable bonds is 10. The molecule has 0 fully saturated rings. The van der Waals surface area contributed by atoms with Crippen molar-refractivity contribution in [2.24, 2.45) is 16.6 Å². The molecule has 3 rings (SSSR count). The number of hydrogen-bond acceptors (Lipinski definition) is 7. The Kier molecular flexibility index (Phi) is 8.38. The van der Waals surface area contributed by atoms with Gasteiger partial charge in [-0.2, -0.15) is 0 Å². The topological polar surface area (TPSA) is 139 Å². The summed E-state index contributed by atoms with van der Waals surface area (Å²) in [6.07, 6.45) is 0.